The van der Waals surface area contributed by atoms with E-state index in [0.29, 0.717) is 17.1 Å². The fraction of sp³-hybridized carbons (Fsp3) is 0.158. The average Bonchev–Trinajstić information content (AvgIpc) is 3.29. The molecule has 0 aliphatic rings. The van der Waals surface area contributed by atoms with Crippen molar-refractivity contribution in [2.45, 2.75) is 0 Å². The van der Waals surface area contributed by atoms with Gasteiger partial charge in [-0.05, 0) is 24.3 Å². The number of nitrogens with one attached hydrogen (secondary N) is 2. The molecule has 3 rings (SSSR count). The summed E-state index contributed by atoms with van der Waals surface area (Å²) < 4.78 is 5.26. The summed E-state index contributed by atoms with van der Waals surface area (Å²) >= 11 is 0. The van der Waals surface area contributed by atoms with E-state index in [0.717, 1.165) is 11.3 Å². The molecule has 1 amide bonds. The molecule has 0 aliphatic carbocycles. The van der Waals surface area contributed by atoms with E-state index < -0.39 is 0 Å². The number of carbonyl (C=O) groups excluding carboxylic acids is 1. The van der Waals surface area contributed by atoms with Crippen LogP contribution in [0, 0.1) is 11.8 Å². The van der Waals surface area contributed by atoms with Crippen LogP contribution >= 0.6 is 0 Å². The Morgan fingerprint density at radius 3 is 2.88 bits per heavy atom. The Morgan fingerprint density at radius 1 is 1.28 bits per heavy atom. The molecule has 0 bridgehead atoms. The van der Waals surface area contributed by atoms with Crippen LogP contribution in [0.15, 0.2) is 53.1 Å². The van der Waals surface area contributed by atoms with Gasteiger partial charge in [0.25, 0.3) is 5.91 Å². The van der Waals surface area contributed by atoms with Crippen molar-refractivity contribution in [2.75, 3.05) is 25.5 Å². The fourth-order valence-electron chi connectivity index (χ4n) is 2.32. The van der Waals surface area contributed by atoms with E-state index in [1.807, 2.05) is 43.3 Å². The van der Waals surface area contributed by atoms with Crippen molar-refractivity contribution in [3.05, 3.63) is 60.0 Å². The average molecular weight is 334 g/mol. The van der Waals surface area contributed by atoms with Crippen LogP contribution in [-0.2, 0) is 0 Å². The van der Waals surface area contributed by atoms with Gasteiger partial charge in [0.1, 0.15) is 5.69 Å². The van der Waals surface area contributed by atoms with Crippen LogP contribution in [0.5, 0.6) is 0 Å². The summed E-state index contributed by atoms with van der Waals surface area (Å²) in [5.41, 5.74) is 2.90. The summed E-state index contributed by atoms with van der Waals surface area (Å²) in [4.78, 5) is 14.1. The Kier molecular flexibility index (Phi) is 4.86. The highest BCUT2D eigenvalue weighted by molar-refractivity contribution is 5.93. The number of carbonyl (C=O) groups is 1. The van der Waals surface area contributed by atoms with E-state index in [2.05, 4.69) is 27.4 Å². The Hall–Kier alpha value is -3.46. The summed E-state index contributed by atoms with van der Waals surface area (Å²) in [5.74, 6) is 6.39. The topological polar surface area (TPSA) is 74.2 Å². The molecule has 2 aromatic heterocycles. The second-order valence-electron chi connectivity index (χ2n) is 5.54. The quantitative estimate of drug-likeness (QED) is 0.719. The van der Waals surface area contributed by atoms with Crippen molar-refractivity contribution in [1.29, 1.82) is 0 Å². The van der Waals surface area contributed by atoms with Gasteiger partial charge in [-0.1, -0.05) is 24.0 Å². The van der Waals surface area contributed by atoms with Gasteiger partial charge in [-0.3, -0.25) is 9.89 Å². The second kappa shape index (κ2) is 7.41. The van der Waals surface area contributed by atoms with Crippen molar-refractivity contribution in [2.24, 2.45) is 0 Å². The van der Waals surface area contributed by atoms with Gasteiger partial charge >= 0.3 is 0 Å². The number of para-hydroxylation sites is 1. The maximum Gasteiger partial charge on any atom is 0.272 e. The number of furan rings is 1. The third-order valence-corrected chi connectivity index (χ3v) is 3.54. The van der Waals surface area contributed by atoms with Crippen LogP contribution < -0.4 is 10.2 Å². The lowest BCUT2D eigenvalue weighted by molar-refractivity contribution is 0.0953. The molecule has 126 valence electrons. The highest BCUT2D eigenvalue weighted by atomic mass is 16.3. The molecular formula is C19H18N4O2. The van der Waals surface area contributed by atoms with Gasteiger partial charge in [0.2, 0.25) is 0 Å². The minimum atomic E-state index is -0.288. The molecule has 0 atom stereocenters. The van der Waals surface area contributed by atoms with Crippen molar-refractivity contribution < 1.29 is 9.21 Å². The zero-order valence-electron chi connectivity index (χ0n) is 14.0. The van der Waals surface area contributed by atoms with Crippen molar-refractivity contribution in [3.8, 4) is 23.3 Å². The summed E-state index contributed by atoms with van der Waals surface area (Å²) in [7, 11) is 3.94. The molecule has 0 unspecified atom stereocenters. The number of nitrogens with zero attached hydrogens (tertiary/aromatic N) is 2. The van der Waals surface area contributed by atoms with Gasteiger partial charge < -0.3 is 14.6 Å². The number of aromatic amines is 1. The molecule has 0 saturated heterocycles. The molecule has 6 heteroatoms. The lowest BCUT2D eigenvalue weighted by atomic mass is 10.1. The number of hydrogen-bond donors (Lipinski definition) is 2. The van der Waals surface area contributed by atoms with Gasteiger partial charge in [0.05, 0.1) is 18.5 Å². The van der Waals surface area contributed by atoms with E-state index in [1.165, 1.54) is 0 Å². The zero-order valence-corrected chi connectivity index (χ0v) is 14.0. The lowest BCUT2D eigenvalue weighted by Crippen LogP contribution is -2.23. The molecule has 2 N–H and O–H groups in total. The first-order valence-corrected chi connectivity index (χ1v) is 7.78. The van der Waals surface area contributed by atoms with E-state index in [4.69, 9.17) is 4.42 Å². The molecule has 2 heterocycles. The Morgan fingerprint density at radius 2 is 2.12 bits per heavy atom. The van der Waals surface area contributed by atoms with Crippen molar-refractivity contribution in [1.82, 2.24) is 15.5 Å². The summed E-state index contributed by atoms with van der Waals surface area (Å²) in [5, 5.41) is 9.51. The predicted molar refractivity (Wildman–Crippen MR) is 96.3 cm³/mol. The van der Waals surface area contributed by atoms with Crippen LogP contribution in [0.3, 0.4) is 0 Å². The van der Waals surface area contributed by atoms with Crippen LogP contribution in [0.2, 0.25) is 0 Å². The number of rotatable bonds is 4. The number of anilines is 1. The molecule has 0 saturated carbocycles. The number of hydrogen-bond acceptors (Lipinski definition) is 4. The highest BCUT2D eigenvalue weighted by Crippen LogP contribution is 2.18. The maximum atomic E-state index is 12.1. The van der Waals surface area contributed by atoms with Gasteiger partial charge in [-0.25, -0.2) is 0 Å². The van der Waals surface area contributed by atoms with Crippen LogP contribution in [0.4, 0.5) is 5.69 Å². The van der Waals surface area contributed by atoms with Crippen LogP contribution in [0.1, 0.15) is 16.1 Å². The minimum absolute atomic E-state index is 0.240. The molecule has 0 spiro atoms. The zero-order chi connectivity index (χ0) is 17.6. The van der Waals surface area contributed by atoms with E-state index in [-0.39, 0.29) is 12.5 Å². The van der Waals surface area contributed by atoms with Crippen molar-refractivity contribution in [3.63, 3.8) is 0 Å². The normalized spacial score (nSPS) is 10.0. The van der Waals surface area contributed by atoms with E-state index >= 15 is 0 Å². The molecule has 0 aliphatic heterocycles. The third kappa shape index (κ3) is 3.90. The molecular weight excluding hydrogens is 316 g/mol. The van der Waals surface area contributed by atoms with Crippen LogP contribution in [0.25, 0.3) is 11.5 Å². The molecule has 25 heavy (non-hydrogen) atoms. The largest absolute Gasteiger partial charge is 0.463 e. The first kappa shape index (κ1) is 16.4. The molecule has 0 fully saturated rings. The van der Waals surface area contributed by atoms with Gasteiger partial charge in [-0.2, -0.15) is 5.10 Å². The highest BCUT2D eigenvalue weighted by Gasteiger charge is 2.11. The summed E-state index contributed by atoms with van der Waals surface area (Å²) in [6.07, 6.45) is 1.57. The predicted octanol–water partition coefficient (Wildman–Crippen LogP) is 2.52. The standard InChI is InChI=1S/C19H18N4O2/c1-23(2)17-9-4-3-7-14(17)8-5-11-20-19(24)16-13-15(21-22-16)18-10-6-12-25-18/h3-4,6-7,9-10,12-13H,11H2,1-2H3,(H,20,24)(H,21,22). The monoisotopic (exact) mass is 334 g/mol. The number of aromatic nitrogens is 2. The minimum Gasteiger partial charge on any atom is -0.463 e. The van der Waals surface area contributed by atoms with Gasteiger partial charge in [-0.15, -0.1) is 0 Å². The van der Waals surface area contributed by atoms with Gasteiger partial charge in [0, 0.05) is 25.7 Å². The van der Waals surface area contributed by atoms with E-state index in [1.54, 1.807) is 24.5 Å². The first-order chi connectivity index (χ1) is 12.1. The number of H-pyrrole nitrogens is 1. The van der Waals surface area contributed by atoms with Gasteiger partial charge in [0.15, 0.2) is 11.5 Å². The third-order valence-electron chi connectivity index (χ3n) is 3.54. The molecule has 0 radical (unpaired) electrons. The smallest absolute Gasteiger partial charge is 0.272 e. The lowest BCUT2D eigenvalue weighted by Gasteiger charge is -2.13. The molecule has 1 aromatic carbocycles. The number of amides is 1. The summed E-state index contributed by atoms with van der Waals surface area (Å²) in [6, 6.07) is 13.1. The fourth-order valence-corrected chi connectivity index (χ4v) is 2.32. The number of benzene rings is 1. The van der Waals surface area contributed by atoms with Crippen LogP contribution in [-0.4, -0.2) is 36.7 Å². The summed E-state index contributed by atoms with van der Waals surface area (Å²) in [6.45, 7) is 0.240. The Balaban J connectivity index is 1.61. The first-order valence-electron chi connectivity index (χ1n) is 7.78. The second-order valence-corrected chi connectivity index (χ2v) is 5.54. The van der Waals surface area contributed by atoms with E-state index in [9.17, 15) is 4.79 Å². The Labute approximate surface area is 145 Å². The van der Waals surface area contributed by atoms with Crippen molar-refractivity contribution >= 4 is 11.6 Å². The molecule has 3 aromatic rings. The molecule has 6 nitrogen and oxygen atoms in total. The Bertz CT molecular complexity index is 914. The SMILES string of the molecule is CN(C)c1ccccc1C#CCNC(=O)c1cc(-c2ccco2)[nH]n1. The maximum absolute atomic E-state index is 12.1.